The molecule has 0 spiro atoms. The Hall–Kier alpha value is -0.570. The van der Waals surface area contributed by atoms with E-state index in [1.54, 1.807) is 0 Å². The molecular weight excluding hydrogens is 288 g/mol. The van der Waals surface area contributed by atoms with Crippen LogP contribution in [0.2, 0.25) is 0 Å². The Morgan fingerprint density at radius 3 is 1.26 bits per heavy atom. The molecule has 1 heterocycles. The minimum Gasteiger partial charge on any atom is -0.550 e. The Morgan fingerprint density at radius 2 is 1.00 bits per heavy atom. The number of carboxylic acids is 1. The van der Waals surface area contributed by atoms with Crippen molar-refractivity contribution in [3.63, 3.8) is 0 Å². The van der Waals surface area contributed by atoms with Crippen LogP contribution in [0, 0.1) is 0 Å². The summed E-state index contributed by atoms with van der Waals surface area (Å²) < 4.78 is 4.50. The number of carboxylic acid groups (broad SMARTS) is 1. The van der Waals surface area contributed by atoms with Gasteiger partial charge in [-0.05, 0) is 12.8 Å². The predicted octanol–water partition coefficient (Wildman–Crippen LogP) is 5.01. The number of carbonyl (C=O) groups excluding carboxylic acids is 1. The van der Waals surface area contributed by atoms with E-state index >= 15 is 0 Å². The summed E-state index contributed by atoms with van der Waals surface area (Å²) in [5, 5.41) is 10.2. The van der Waals surface area contributed by atoms with Crippen LogP contribution in [0.5, 0.6) is 0 Å². The van der Waals surface area contributed by atoms with Gasteiger partial charge in [0.05, 0.1) is 13.2 Å². The van der Waals surface area contributed by atoms with Gasteiger partial charge < -0.3 is 14.6 Å². The number of aliphatic carboxylic acids is 1. The van der Waals surface area contributed by atoms with Gasteiger partial charge in [-0.3, -0.25) is 0 Å². The quantitative estimate of drug-likeness (QED) is 0.295. The molecule has 1 aliphatic rings. The molecule has 1 fully saturated rings. The second-order valence-electron chi connectivity index (χ2n) is 6.68. The molecule has 138 valence electrons. The van der Waals surface area contributed by atoms with Crippen LogP contribution in [0.3, 0.4) is 0 Å². The maximum Gasteiger partial charge on any atom is 0.0701 e. The number of unbranched alkanes of at least 4 members (excludes halogenated alkanes) is 14. The number of hydrogen-bond donors (Lipinski definition) is 0. The minimum absolute atomic E-state index is 0.234. The van der Waals surface area contributed by atoms with Crippen molar-refractivity contribution in [3.05, 3.63) is 0 Å². The van der Waals surface area contributed by atoms with E-state index in [2.05, 4.69) is 11.7 Å². The third-order valence-electron chi connectivity index (χ3n) is 4.19. The van der Waals surface area contributed by atoms with Gasteiger partial charge in [0.25, 0.3) is 0 Å². The highest BCUT2D eigenvalue weighted by Gasteiger charge is 1.95. The summed E-state index contributed by atoms with van der Waals surface area (Å²) in [6.07, 6.45) is 19.9. The second-order valence-corrected chi connectivity index (χ2v) is 6.68. The van der Waals surface area contributed by atoms with Crippen LogP contribution in [0.1, 0.15) is 110 Å². The molecule has 0 atom stereocenters. The van der Waals surface area contributed by atoms with Crippen molar-refractivity contribution < 1.29 is 14.6 Å². The standard InChI is InChI=1S/C18H36O2.C2H4O/c1-2-3-4-5-6-7-8-9-10-11-12-13-14-15-16-17-18(19)20;1-2-3-1/h2-17H2,1H3,(H,19,20);1-2H2/p-1. The zero-order valence-corrected chi connectivity index (χ0v) is 15.5. The van der Waals surface area contributed by atoms with E-state index in [1.165, 1.54) is 83.5 Å². The summed E-state index contributed by atoms with van der Waals surface area (Å²) in [7, 11) is 0. The Labute approximate surface area is 144 Å². The molecule has 0 aromatic carbocycles. The Kier molecular flexibility index (Phi) is 19.0. The Bertz CT molecular complexity index is 236. The van der Waals surface area contributed by atoms with Gasteiger partial charge in [-0.25, -0.2) is 0 Å². The average Bonchev–Trinajstić information content (AvgIpc) is 3.39. The van der Waals surface area contributed by atoms with E-state index in [0.29, 0.717) is 0 Å². The Morgan fingerprint density at radius 1 is 0.696 bits per heavy atom. The lowest BCUT2D eigenvalue weighted by Crippen LogP contribution is -2.21. The second kappa shape index (κ2) is 19.5. The minimum atomic E-state index is -0.903. The van der Waals surface area contributed by atoms with Crippen molar-refractivity contribution in [2.75, 3.05) is 13.2 Å². The predicted molar refractivity (Wildman–Crippen MR) is 95.4 cm³/mol. The Balaban J connectivity index is 0.00000143. The van der Waals surface area contributed by atoms with Gasteiger partial charge in [0.15, 0.2) is 0 Å². The zero-order chi connectivity index (χ0) is 17.0. The van der Waals surface area contributed by atoms with E-state index in [1.807, 2.05) is 0 Å². The molecule has 0 aliphatic carbocycles. The number of hydrogen-bond acceptors (Lipinski definition) is 3. The molecule has 0 N–H and O–H groups in total. The van der Waals surface area contributed by atoms with Gasteiger partial charge in [-0.2, -0.15) is 0 Å². The molecule has 3 heteroatoms. The fourth-order valence-electron chi connectivity index (χ4n) is 2.64. The molecule has 0 saturated carbocycles. The van der Waals surface area contributed by atoms with Gasteiger partial charge in [-0.15, -0.1) is 0 Å². The van der Waals surface area contributed by atoms with Gasteiger partial charge in [-0.1, -0.05) is 96.8 Å². The SMILES string of the molecule is C1CO1.CCCCCCCCCCCCCCCCCC(=O)[O-]. The van der Waals surface area contributed by atoms with E-state index in [0.717, 1.165) is 26.1 Å². The topological polar surface area (TPSA) is 52.7 Å². The molecule has 1 rings (SSSR count). The van der Waals surface area contributed by atoms with E-state index < -0.39 is 5.97 Å². The van der Waals surface area contributed by atoms with Crippen molar-refractivity contribution in [1.29, 1.82) is 0 Å². The summed E-state index contributed by atoms with van der Waals surface area (Å²) >= 11 is 0. The fraction of sp³-hybridized carbons (Fsp3) is 0.950. The number of epoxide rings is 1. The van der Waals surface area contributed by atoms with Crippen molar-refractivity contribution in [3.8, 4) is 0 Å². The summed E-state index contributed by atoms with van der Waals surface area (Å²) in [5.41, 5.74) is 0. The molecular formula is C20H39O3-. The highest BCUT2D eigenvalue weighted by molar-refractivity contribution is 5.63. The highest BCUT2D eigenvalue weighted by Crippen LogP contribution is 2.13. The smallest absolute Gasteiger partial charge is 0.0701 e. The maximum absolute atomic E-state index is 10.2. The van der Waals surface area contributed by atoms with Crippen LogP contribution >= 0.6 is 0 Å². The van der Waals surface area contributed by atoms with Crippen molar-refractivity contribution in [2.45, 2.75) is 110 Å². The van der Waals surface area contributed by atoms with Crippen LogP contribution in [-0.4, -0.2) is 19.2 Å². The van der Waals surface area contributed by atoms with E-state index in [4.69, 9.17) is 0 Å². The van der Waals surface area contributed by atoms with Gasteiger partial charge >= 0.3 is 0 Å². The van der Waals surface area contributed by atoms with Gasteiger partial charge in [0, 0.05) is 5.97 Å². The van der Waals surface area contributed by atoms with Crippen LogP contribution in [0.25, 0.3) is 0 Å². The molecule has 0 bridgehead atoms. The summed E-state index contributed by atoms with van der Waals surface area (Å²) in [6.45, 7) is 4.27. The lowest BCUT2D eigenvalue weighted by molar-refractivity contribution is -0.305. The molecule has 0 aromatic heterocycles. The van der Waals surface area contributed by atoms with Crippen LogP contribution in [0.4, 0.5) is 0 Å². The van der Waals surface area contributed by atoms with Crippen LogP contribution < -0.4 is 5.11 Å². The zero-order valence-electron chi connectivity index (χ0n) is 15.5. The van der Waals surface area contributed by atoms with Crippen LogP contribution in [-0.2, 0) is 9.53 Å². The summed E-state index contributed by atoms with van der Waals surface area (Å²) in [6, 6.07) is 0. The first-order chi connectivity index (χ1) is 11.3. The monoisotopic (exact) mass is 327 g/mol. The molecule has 1 aliphatic heterocycles. The summed E-state index contributed by atoms with van der Waals surface area (Å²) in [5.74, 6) is -0.903. The number of ether oxygens (including phenoxy) is 1. The normalized spacial score (nSPS) is 12.6. The first kappa shape index (κ1) is 22.4. The van der Waals surface area contributed by atoms with Crippen molar-refractivity contribution in [2.24, 2.45) is 0 Å². The first-order valence-corrected chi connectivity index (χ1v) is 10.0. The highest BCUT2D eigenvalue weighted by atomic mass is 16.6. The molecule has 3 nitrogen and oxygen atoms in total. The average molecular weight is 328 g/mol. The third kappa shape index (κ3) is 26.6. The first-order valence-electron chi connectivity index (χ1n) is 10.0. The van der Waals surface area contributed by atoms with E-state index in [9.17, 15) is 9.90 Å². The summed E-state index contributed by atoms with van der Waals surface area (Å²) in [4.78, 5) is 10.2. The molecule has 0 unspecified atom stereocenters. The molecule has 23 heavy (non-hydrogen) atoms. The lowest BCUT2D eigenvalue weighted by Gasteiger charge is -2.04. The molecule has 0 radical (unpaired) electrons. The lowest BCUT2D eigenvalue weighted by atomic mass is 10.0. The molecule has 0 aromatic rings. The third-order valence-corrected chi connectivity index (χ3v) is 4.19. The fourth-order valence-corrected chi connectivity index (χ4v) is 2.64. The largest absolute Gasteiger partial charge is 0.550 e. The number of rotatable bonds is 16. The molecule has 1 saturated heterocycles. The number of carbonyl (C=O) groups is 1. The van der Waals surface area contributed by atoms with Gasteiger partial charge in [0.1, 0.15) is 0 Å². The molecule has 0 amide bonds. The van der Waals surface area contributed by atoms with Crippen molar-refractivity contribution >= 4 is 5.97 Å². The van der Waals surface area contributed by atoms with Crippen molar-refractivity contribution in [1.82, 2.24) is 0 Å². The maximum atomic E-state index is 10.2. The van der Waals surface area contributed by atoms with E-state index in [-0.39, 0.29) is 6.42 Å². The van der Waals surface area contributed by atoms with Gasteiger partial charge in [0.2, 0.25) is 0 Å². The van der Waals surface area contributed by atoms with Crippen LogP contribution in [0.15, 0.2) is 0 Å².